The van der Waals surface area contributed by atoms with Gasteiger partial charge >= 0.3 is 0 Å². The number of ether oxygens (including phenoxy) is 2. The Bertz CT molecular complexity index is 1850. The first-order valence-corrected chi connectivity index (χ1v) is 14.5. The molecule has 0 spiro atoms. The highest BCUT2D eigenvalue weighted by molar-refractivity contribution is 5.57. The molecule has 0 aliphatic carbocycles. The van der Waals surface area contributed by atoms with Gasteiger partial charge in [0.15, 0.2) is 11.5 Å². The van der Waals surface area contributed by atoms with Gasteiger partial charge in [-0.2, -0.15) is 0 Å². The Hall–Kier alpha value is -5.68. The van der Waals surface area contributed by atoms with Crippen LogP contribution in [0.15, 0.2) is 140 Å². The standard InChI is InChI=1S/C39H32O5/c40-33-16-18-37(30(23-33)20-27-10-4-1-5-11-27)43-35-25-32(22-29-14-8-3-9-15-29)39(36(42)26-35)44-38-19-17-34(41)24-31(38)21-28-12-6-2-7-13-28/h1-19,23-26,40-42H,20-22H2. The predicted octanol–water partition coefficient (Wildman–Crippen LogP) is 9.16. The van der Waals surface area contributed by atoms with Crippen LogP contribution in [-0.2, 0) is 19.3 Å². The summed E-state index contributed by atoms with van der Waals surface area (Å²) in [5, 5.41) is 31.9. The molecule has 0 aromatic heterocycles. The molecule has 0 saturated heterocycles. The third-order valence-corrected chi connectivity index (χ3v) is 7.36. The number of phenolic OH excluding ortho intramolecular Hbond substituents is 3. The van der Waals surface area contributed by atoms with Crippen molar-refractivity contribution in [2.24, 2.45) is 0 Å². The van der Waals surface area contributed by atoms with Crippen molar-refractivity contribution in [3.05, 3.63) is 173 Å². The van der Waals surface area contributed by atoms with Crippen molar-refractivity contribution in [1.29, 1.82) is 0 Å². The van der Waals surface area contributed by atoms with Crippen molar-refractivity contribution in [2.75, 3.05) is 0 Å². The SMILES string of the molecule is Oc1ccc(Oc2cc(O)c(Oc3ccc(O)cc3Cc3ccccc3)c(Cc3ccccc3)c2)c(Cc2ccccc2)c1. The second-order valence-electron chi connectivity index (χ2n) is 10.7. The first-order valence-electron chi connectivity index (χ1n) is 14.5. The third kappa shape index (κ3) is 7.02. The van der Waals surface area contributed by atoms with E-state index in [1.54, 1.807) is 42.5 Å². The summed E-state index contributed by atoms with van der Waals surface area (Å²) in [6, 6.07) is 43.3. The summed E-state index contributed by atoms with van der Waals surface area (Å²) in [6.45, 7) is 0. The zero-order chi connectivity index (χ0) is 30.3. The maximum Gasteiger partial charge on any atom is 0.172 e. The van der Waals surface area contributed by atoms with Crippen molar-refractivity contribution in [2.45, 2.75) is 19.3 Å². The number of aromatic hydroxyl groups is 3. The summed E-state index contributed by atoms with van der Waals surface area (Å²) >= 11 is 0. The summed E-state index contributed by atoms with van der Waals surface area (Å²) in [6.07, 6.45) is 1.60. The van der Waals surface area contributed by atoms with Gasteiger partial charge in [-0.05, 0) is 59.2 Å². The van der Waals surface area contributed by atoms with Crippen LogP contribution in [-0.4, -0.2) is 15.3 Å². The van der Waals surface area contributed by atoms with Gasteiger partial charge in [-0.3, -0.25) is 0 Å². The Balaban J connectivity index is 1.36. The molecule has 0 bridgehead atoms. The van der Waals surface area contributed by atoms with Crippen molar-refractivity contribution in [3.63, 3.8) is 0 Å². The maximum absolute atomic E-state index is 11.4. The van der Waals surface area contributed by atoms with E-state index in [4.69, 9.17) is 9.47 Å². The highest BCUT2D eigenvalue weighted by atomic mass is 16.5. The number of phenols is 3. The largest absolute Gasteiger partial charge is 0.508 e. The minimum atomic E-state index is -0.0736. The predicted molar refractivity (Wildman–Crippen MR) is 172 cm³/mol. The van der Waals surface area contributed by atoms with E-state index in [0.717, 1.165) is 33.4 Å². The molecule has 0 fully saturated rings. The van der Waals surface area contributed by atoms with Crippen LogP contribution in [0.5, 0.6) is 40.2 Å². The van der Waals surface area contributed by atoms with Gasteiger partial charge in [0.05, 0.1) is 0 Å². The summed E-state index contributed by atoms with van der Waals surface area (Å²) in [4.78, 5) is 0. The summed E-state index contributed by atoms with van der Waals surface area (Å²) in [5.41, 5.74) is 5.53. The molecular formula is C39H32O5. The molecule has 6 aromatic rings. The lowest BCUT2D eigenvalue weighted by Gasteiger charge is -2.18. The molecule has 44 heavy (non-hydrogen) atoms. The van der Waals surface area contributed by atoms with Crippen LogP contribution in [0.1, 0.15) is 33.4 Å². The number of hydrogen-bond donors (Lipinski definition) is 3. The van der Waals surface area contributed by atoms with E-state index in [0.29, 0.717) is 42.3 Å². The van der Waals surface area contributed by atoms with Crippen LogP contribution in [0.25, 0.3) is 0 Å². The van der Waals surface area contributed by atoms with Crippen LogP contribution in [0.4, 0.5) is 0 Å². The fraction of sp³-hybridized carbons (Fsp3) is 0.0769. The van der Waals surface area contributed by atoms with Crippen LogP contribution in [0.3, 0.4) is 0 Å². The normalized spacial score (nSPS) is 10.8. The summed E-state index contributed by atoms with van der Waals surface area (Å²) < 4.78 is 12.8. The average molecular weight is 581 g/mol. The zero-order valence-electron chi connectivity index (χ0n) is 24.1. The molecule has 0 atom stereocenters. The fourth-order valence-electron chi connectivity index (χ4n) is 5.24. The molecule has 0 amide bonds. The quantitative estimate of drug-likeness (QED) is 0.151. The molecule has 5 nitrogen and oxygen atoms in total. The van der Waals surface area contributed by atoms with Gasteiger partial charge in [0.2, 0.25) is 0 Å². The molecular weight excluding hydrogens is 548 g/mol. The van der Waals surface area contributed by atoms with Crippen LogP contribution in [0, 0.1) is 0 Å². The molecule has 0 saturated carbocycles. The lowest BCUT2D eigenvalue weighted by molar-refractivity contribution is 0.398. The van der Waals surface area contributed by atoms with E-state index in [-0.39, 0.29) is 17.2 Å². The first kappa shape index (κ1) is 28.4. The van der Waals surface area contributed by atoms with Gasteiger partial charge in [0.25, 0.3) is 0 Å². The highest BCUT2D eigenvalue weighted by Gasteiger charge is 2.18. The second-order valence-corrected chi connectivity index (χ2v) is 10.7. The van der Waals surface area contributed by atoms with Gasteiger partial charge in [0, 0.05) is 42.0 Å². The van der Waals surface area contributed by atoms with Crippen LogP contribution >= 0.6 is 0 Å². The van der Waals surface area contributed by atoms with E-state index in [2.05, 4.69) is 0 Å². The number of rotatable bonds is 10. The smallest absolute Gasteiger partial charge is 0.172 e. The fourth-order valence-corrected chi connectivity index (χ4v) is 5.24. The second kappa shape index (κ2) is 13.1. The molecule has 0 heterocycles. The average Bonchev–Trinajstić information content (AvgIpc) is 3.03. The molecule has 0 aliphatic rings. The van der Waals surface area contributed by atoms with Crippen LogP contribution < -0.4 is 9.47 Å². The van der Waals surface area contributed by atoms with E-state index in [1.807, 2.05) is 97.1 Å². The van der Waals surface area contributed by atoms with Crippen molar-refractivity contribution >= 4 is 0 Å². The van der Waals surface area contributed by atoms with Gasteiger partial charge in [-0.15, -0.1) is 0 Å². The lowest BCUT2D eigenvalue weighted by Crippen LogP contribution is -1.99. The van der Waals surface area contributed by atoms with Crippen molar-refractivity contribution in [1.82, 2.24) is 0 Å². The Kier molecular flexibility index (Phi) is 8.46. The number of hydrogen-bond acceptors (Lipinski definition) is 5. The minimum Gasteiger partial charge on any atom is -0.508 e. The molecule has 0 unspecified atom stereocenters. The summed E-state index contributed by atoms with van der Waals surface area (Å²) in [5.74, 6) is 2.09. The van der Waals surface area contributed by atoms with Gasteiger partial charge in [-0.1, -0.05) is 91.0 Å². The Morgan fingerprint density at radius 3 is 1.32 bits per heavy atom. The van der Waals surface area contributed by atoms with E-state index in [9.17, 15) is 15.3 Å². The molecule has 5 heteroatoms. The van der Waals surface area contributed by atoms with Crippen molar-refractivity contribution in [3.8, 4) is 40.2 Å². The van der Waals surface area contributed by atoms with Gasteiger partial charge in [0.1, 0.15) is 28.7 Å². The van der Waals surface area contributed by atoms with Gasteiger partial charge in [-0.25, -0.2) is 0 Å². The minimum absolute atomic E-state index is 0.0736. The van der Waals surface area contributed by atoms with E-state index >= 15 is 0 Å². The maximum atomic E-state index is 11.4. The molecule has 0 aliphatic heterocycles. The lowest BCUT2D eigenvalue weighted by atomic mass is 10.0. The molecule has 6 aromatic carbocycles. The molecule has 218 valence electrons. The Morgan fingerprint density at radius 2 is 0.841 bits per heavy atom. The first-order chi connectivity index (χ1) is 21.5. The van der Waals surface area contributed by atoms with E-state index in [1.165, 1.54) is 0 Å². The van der Waals surface area contributed by atoms with Gasteiger partial charge < -0.3 is 24.8 Å². The zero-order valence-corrected chi connectivity index (χ0v) is 24.1. The Morgan fingerprint density at radius 1 is 0.409 bits per heavy atom. The monoisotopic (exact) mass is 580 g/mol. The third-order valence-electron chi connectivity index (χ3n) is 7.36. The van der Waals surface area contributed by atoms with Crippen molar-refractivity contribution < 1.29 is 24.8 Å². The summed E-state index contributed by atoms with van der Waals surface area (Å²) in [7, 11) is 0. The Labute approximate surface area is 256 Å². The molecule has 3 N–H and O–H groups in total. The highest BCUT2D eigenvalue weighted by Crippen LogP contribution is 2.42. The van der Waals surface area contributed by atoms with Crippen LogP contribution in [0.2, 0.25) is 0 Å². The topological polar surface area (TPSA) is 79.2 Å². The number of benzene rings is 6. The molecule has 0 radical (unpaired) electrons. The van der Waals surface area contributed by atoms with E-state index < -0.39 is 0 Å². The molecule has 6 rings (SSSR count).